The average molecular weight is 756 g/mol. The molecule has 4 amide bonds. The molecule has 0 radical (unpaired) electrons. The van der Waals surface area contributed by atoms with Crippen molar-refractivity contribution in [2.45, 2.75) is 64.1 Å². The molecule has 3 atom stereocenters. The van der Waals surface area contributed by atoms with Gasteiger partial charge in [-0.25, -0.2) is 8.42 Å². The van der Waals surface area contributed by atoms with E-state index in [1.165, 1.54) is 25.2 Å². The molecule has 0 aliphatic rings. The van der Waals surface area contributed by atoms with Crippen molar-refractivity contribution in [3.05, 3.63) is 126 Å². The minimum absolute atomic E-state index is 0.0419. The highest BCUT2D eigenvalue weighted by Gasteiger charge is 2.39. The first-order valence-electron chi connectivity index (χ1n) is 17.7. The molecule has 13 heteroatoms. The molecular weight excluding hydrogens is 707 g/mol. The molecule has 0 spiro atoms. The van der Waals surface area contributed by atoms with Crippen LogP contribution in [0.15, 0.2) is 109 Å². The summed E-state index contributed by atoms with van der Waals surface area (Å²) in [6.07, 6.45) is 0.675. The molecule has 0 bridgehead atoms. The number of para-hydroxylation sites is 1. The Kier molecular flexibility index (Phi) is 14.1. The van der Waals surface area contributed by atoms with Crippen LogP contribution in [0.25, 0.3) is 0 Å². The molecule has 286 valence electrons. The molecule has 54 heavy (non-hydrogen) atoms. The maximum absolute atomic E-state index is 13.9. The predicted molar refractivity (Wildman–Crippen MR) is 211 cm³/mol. The number of sulfonamides is 1. The van der Waals surface area contributed by atoms with Gasteiger partial charge in [0.25, 0.3) is 11.8 Å². The maximum atomic E-state index is 13.9. The topological polar surface area (TPSA) is 174 Å². The number of carbonyl (C=O) groups excluding carboxylic acids is 4. The highest BCUT2D eigenvalue weighted by Crippen LogP contribution is 2.27. The van der Waals surface area contributed by atoms with Crippen LogP contribution in [0.3, 0.4) is 0 Å². The van der Waals surface area contributed by atoms with E-state index in [0.29, 0.717) is 12.1 Å². The van der Waals surface area contributed by atoms with E-state index < -0.39 is 45.3 Å². The van der Waals surface area contributed by atoms with Crippen LogP contribution >= 0.6 is 0 Å². The normalized spacial score (nSPS) is 13.5. The molecule has 4 rings (SSSR count). The number of nitrogens with zero attached hydrogens (tertiary/aromatic N) is 1. The lowest BCUT2D eigenvalue weighted by atomic mass is 9.88. The van der Waals surface area contributed by atoms with E-state index in [0.717, 1.165) is 21.7 Å². The van der Waals surface area contributed by atoms with Crippen LogP contribution in [0.5, 0.6) is 0 Å². The molecule has 5 N–H and O–H groups in total. The van der Waals surface area contributed by atoms with Crippen LogP contribution in [0, 0.1) is 5.92 Å². The zero-order valence-corrected chi connectivity index (χ0v) is 32.0. The Hall–Kier alpha value is -5.53. The van der Waals surface area contributed by atoms with Crippen LogP contribution in [-0.2, 0) is 30.8 Å². The van der Waals surface area contributed by atoms with Gasteiger partial charge in [-0.1, -0.05) is 92.7 Å². The third-order valence-corrected chi connectivity index (χ3v) is 10.3. The van der Waals surface area contributed by atoms with Gasteiger partial charge in [0, 0.05) is 30.4 Å². The number of nitrogens with one attached hydrogen (secondary N) is 4. The van der Waals surface area contributed by atoms with Crippen LogP contribution in [0.4, 0.5) is 17.1 Å². The fraction of sp³-hybridized carbons (Fsp3) is 0.317. The minimum Gasteiger partial charge on any atom is -0.380 e. The van der Waals surface area contributed by atoms with Crippen LogP contribution in [0.1, 0.15) is 67.6 Å². The van der Waals surface area contributed by atoms with Gasteiger partial charge in [-0.3, -0.25) is 23.5 Å². The van der Waals surface area contributed by atoms with Crippen molar-refractivity contribution in [2.24, 2.45) is 5.92 Å². The molecular formula is C41H49N5O7S. The van der Waals surface area contributed by atoms with Gasteiger partial charge in [0.05, 0.1) is 18.0 Å². The molecule has 0 aliphatic heterocycles. The van der Waals surface area contributed by atoms with E-state index in [4.69, 9.17) is 0 Å². The third kappa shape index (κ3) is 11.7. The fourth-order valence-electron chi connectivity index (χ4n) is 5.74. The predicted octanol–water partition coefficient (Wildman–Crippen LogP) is 5.44. The molecule has 4 aromatic rings. The smallest absolute Gasteiger partial charge is 0.252 e. The second kappa shape index (κ2) is 18.5. The summed E-state index contributed by atoms with van der Waals surface area (Å²) in [4.78, 5) is 54.0. The Balaban J connectivity index is 1.54. The van der Waals surface area contributed by atoms with Gasteiger partial charge in [-0.15, -0.1) is 0 Å². The Morgan fingerprint density at radius 1 is 0.759 bits per heavy atom. The molecule has 0 fully saturated rings. The number of amides is 4. The summed E-state index contributed by atoms with van der Waals surface area (Å²) in [5, 5.41) is 23.1. The zero-order valence-electron chi connectivity index (χ0n) is 31.2. The molecule has 0 aliphatic carbocycles. The van der Waals surface area contributed by atoms with Crippen molar-refractivity contribution >= 4 is 50.7 Å². The lowest BCUT2D eigenvalue weighted by Crippen LogP contribution is -2.55. The fourth-order valence-corrected chi connectivity index (χ4v) is 6.22. The molecule has 0 aromatic heterocycles. The number of benzene rings is 4. The zero-order chi connectivity index (χ0) is 39.5. The van der Waals surface area contributed by atoms with Crippen LogP contribution in [-0.4, -0.2) is 62.1 Å². The lowest BCUT2D eigenvalue weighted by Gasteiger charge is -2.30. The van der Waals surface area contributed by atoms with Gasteiger partial charge >= 0.3 is 0 Å². The summed E-state index contributed by atoms with van der Waals surface area (Å²) in [5.74, 6) is -2.67. The van der Waals surface area contributed by atoms with E-state index in [2.05, 4.69) is 21.3 Å². The van der Waals surface area contributed by atoms with Crippen molar-refractivity contribution in [2.75, 3.05) is 28.2 Å². The van der Waals surface area contributed by atoms with Crippen molar-refractivity contribution in [1.29, 1.82) is 0 Å². The summed E-state index contributed by atoms with van der Waals surface area (Å²) in [5.41, 5.74) is 0.619. The summed E-state index contributed by atoms with van der Waals surface area (Å²) < 4.78 is 25.9. The van der Waals surface area contributed by atoms with Crippen LogP contribution in [0.2, 0.25) is 0 Å². The second-order valence-electron chi connectivity index (χ2n) is 13.7. The van der Waals surface area contributed by atoms with Gasteiger partial charge in [-0.2, -0.15) is 0 Å². The van der Waals surface area contributed by atoms with E-state index >= 15 is 0 Å². The van der Waals surface area contributed by atoms with Crippen LogP contribution < -0.4 is 25.6 Å². The summed E-state index contributed by atoms with van der Waals surface area (Å²) in [7, 11) is -2.40. The van der Waals surface area contributed by atoms with E-state index in [1.54, 1.807) is 38.1 Å². The van der Waals surface area contributed by atoms with Gasteiger partial charge in [0.15, 0.2) is 0 Å². The van der Waals surface area contributed by atoms with Gasteiger partial charge < -0.3 is 26.4 Å². The lowest BCUT2D eigenvalue weighted by molar-refractivity contribution is -0.144. The van der Waals surface area contributed by atoms with Crippen molar-refractivity contribution in [3.63, 3.8) is 0 Å². The SMILES string of the molecule is CC(C)[C@H](NC(=O)C(O)(CCC(=O)Nc1cc(C(=O)N[C@H](C)c2ccccc2)cc(N(C)S(C)(=O)=O)c1)CCc1ccccc1)C(=O)Nc1ccccc1. The number of carbonyl (C=O) groups is 4. The molecule has 0 saturated heterocycles. The molecule has 1 unspecified atom stereocenters. The molecule has 4 aromatic carbocycles. The number of rotatable bonds is 17. The van der Waals surface area contributed by atoms with Crippen molar-refractivity contribution in [3.8, 4) is 0 Å². The van der Waals surface area contributed by atoms with Crippen molar-refractivity contribution < 1.29 is 32.7 Å². The first-order chi connectivity index (χ1) is 25.6. The van der Waals surface area contributed by atoms with Gasteiger partial charge in [0.1, 0.15) is 11.6 Å². The van der Waals surface area contributed by atoms with E-state index in [1.807, 2.05) is 73.7 Å². The maximum Gasteiger partial charge on any atom is 0.252 e. The van der Waals surface area contributed by atoms with E-state index in [-0.39, 0.29) is 48.2 Å². The summed E-state index contributed by atoms with van der Waals surface area (Å²) in [6, 6.07) is 30.3. The Morgan fingerprint density at radius 2 is 1.35 bits per heavy atom. The number of hydrogen-bond donors (Lipinski definition) is 5. The first-order valence-corrected chi connectivity index (χ1v) is 19.6. The second-order valence-corrected chi connectivity index (χ2v) is 15.7. The standard InChI is InChI=1S/C41H49N5O7S/c1-28(2)37(39(49)44-33-19-13-8-14-20-33)45-40(50)41(51,23-21-30-15-9-6-10-16-30)24-22-36(47)43-34-25-32(26-35(27-34)46(4)54(5,52)53)38(48)42-29(3)31-17-11-7-12-18-31/h6-20,25-29,37,51H,21-24H2,1-5H3,(H,42,48)(H,43,47)(H,44,49)(H,45,50)/t29-,37+,41?/m1/s1. The molecule has 12 nitrogen and oxygen atoms in total. The Bertz CT molecular complexity index is 2010. The number of aliphatic hydroxyl groups is 1. The highest BCUT2D eigenvalue weighted by atomic mass is 32.2. The minimum atomic E-state index is -3.74. The monoisotopic (exact) mass is 755 g/mol. The molecule has 0 heterocycles. The largest absolute Gasteiger partial charge is 0.380 e. The quantitative estimate of drug-likeness (QED) is 0.0955. The summed E-state index contributed by atoms with van der Waals surface area (Å²) in [6.45, 7) is 5.37. The summed E-state index contributed by atoms with van der Waals surface area (Å²) >= 11 is 0. The Morgan fingerprint density at radius 3 is 1.94 bits per heavy atom. The first kappa shape index (κ1) is 41.2. The number of hydrogen-bond acceptors (Lipinski definition) is 7. The highest BCUT2D eigenvalue weighted by molar-refractivity contribution is 7.92. The number of aryl methyl sites for hydroxylation is 1. The van der Waals surface area contributed by atoms with Gasteiger partial charge in [0.2, 0.25) is 21.8 Å². The van der Waals surface area contributed by atoms with Gasteiger partial charge in [-0.05, 0) is 73.6 Å². The van der Waals surface area contributed by atoms with E-state index in [9.17, 15) is 32.7 Å². The Labute approximate surface area is 317 Å². The third-order valence-electron chi connectivity index (χ3n) is 9.11. The molecule has 0 saturated carbocycles. The number of anilines is 3. The van der Waals surface area contributed by atoms with Crippen molar-refractivity contribution in [1.82, 2.24) is 10.6 Å². The average Bonchev–Trinajstić information content (AvgIpc) is 3.15.